The van der Waals surface area contributed by atoms with E-state index in [9.17, 15) is 22.8 Å². The number of hydrogen-bond acceptors (Lipinski definition) is 9. The number of nitrogens with zero attached hydrogens (tertiary/aromatic N) is 2. The van der Waals surface area contributed by atoms with Crippen molar-refractivity contribution in [3.05, 3.63) is 60.4 Å². The van der Waals surface area contributed by atoms with Crippen molar-refractivity contribution >= 4 is 38.6 Å². The Balaban J connectivity index is 1.20. The number of amides is 2. The summed E-state index contributed by atoms with van der Waals surface area (Å²) in [5, 5.41) is 6.25. The molecule has 2 atom stereocenters. The van der Waals surface area contributed by atoms with Crippen molar-refractivity contribution in [3.63, 3.8) is 0 Å². The summed E-state index contributed by atoms with van der Waals surface area (Å²) in [5.74, 6) is -0.700. The van der Waals surface area contributed by atoms with E-state index in [0.717, 1.165) is 37.2 Å². The predicted octanol–water partition coefficient (Wildman–Crippen LogP) is 2.83. The maximum Gasteiger partial charge on any atom is 0.287 e. The average molecular weight is 655 g/mol. The molecule has 0 aliphatic carbocycles. The number of ether oxygens (including phenoxy) is 2. The molecule has 2 amide bonds. The Labute approximate surface area is 269 Å². The molecule has 2 aromatic carbocycles. The molecule has 5 rings (SSSR count). The molecule has 3 heterocycles. The number of fused-ring (bicyclic) bond motifs is 1. The van der Waals surface area contributed by atoms with Crippen LogP contribution < -0.4 is 15.4 Å². The molecule has 1 unspecified atom stereocenters. The Hall–Kier alpha value is -3.78. The Morgan fingerprint density at radius 3 is 2.54 bits per heavy atom. The minimum absolute atomic E-state index is 0.0503. The molecule has 0 saturated carbocycles. The Morgan fingerprint density at radius 1 is 1.04 bits per heavy atom. The molecule has 13 heteroatoms. The fraction of sp³-hybridized carbons (Fsp3) is 0.485. The first-order valence-electron chi connectivity index (χ1n) is 15.8. The molecule has 248 valence electrons. The third kappa shape index (κ3) is 8.52. The summed E-state index contributed by atoms with van der Waals surface area (Å²) < 4.78 is 44.5. The third-order valence-electron chi connectivity index (χ3n) is 8.14. The Kier molecular flexibility index (Phi) is 11.1. The van der Waals surface area contributed by atoms with Gasteiger partial charge < -0.3 is 24.5 Å². The molecule has 0 bridgehead atoms. The first-order valence-corrected chi connectivity index (χ1v) is 17.2. The molecule has 2 aliphatic rings. The lowest BCUT2D eigenvalue weighted by molar-refractivity contribution is -0.129. The van der Waals surface area contributed by atoms with E-state index in [1.165, 1.54) is 12.1 Å². The minimum Gasteiger partial charge on any atom is -0.492 e. The van der Waals surface area contributed by atoms with Gasteiger partial charge in [-0.3, -0.25) is 19.3 Å². The van der Waals surface area contributed by atoms with E-state index in [4.69, 9.17) is 13.9 Å². The zero-order chi connectivity index (χ0) is 32.7. The first-order chi connectivity index (χ1) is 22.1. The number of nitrogens with one attached hydrogen (secondary N) is 2. The van der Waals surface area contributed by atoms with Crippen molar-refractivity contribution in [3.8, 4) is 5.75 Å². The van der Waals surface area contributed by atoms with Crippen LogP contribution in [0.25, 0.3) is 11.0 Å². The monoisotopic (exact) mass is 654 g/mol. The zero-order valence-corrected chi connectivity index (χ0v) is 27.1. The van der Waals surface area contributed by atoms with Gasteiger partial charge in [0, 0.05) is 31.6 Å². The highest BCUT2D eigenvalue weighted by Crippen LogP contribution is 2.25. The van der Waals surface area contributed by atoms with Gasteiger partial charge >= 0.3 is 0 Å². The third-order valence-corrected chi connectivity index (χ3v) is 10.00. The normalized spacial score (nSPS) is 19.1. The maximum atomic E-state index is 13.4. The number of ketones is 1. The van der Waals surface area contributed by atoms with Crippen LogP contribution in [0.2, 0.25) is 0 Å². The van der Waals surface area contributed by atoms with Gasteiger partial charge in [-0.25, -0.2) is 8.42 Å². The topological polar surface area (TPSA) is 147 Å². The highest BCUT2D eigenvalue weighted by molar-refractivity contribution is 7.89. The van der Waals surface area contributed by atoms with Gasteiger partial charge in [-0.05, 0) is 61.6 Å². The molecule has 1 aromatic heterocycles. The fourth-order valence-corrected chi connectivity index (χ4v) is 7.11. The van der Waals surface area contributed by atoms with Crippen LogP contribution in [0.15, 0.2) is 63.9 Å². The highest BCUT2D eigenvalue weighted by atomic mass is 32.2. The molecule has 0 radical (unpaired) electrons. The molecular weight excluding hydrogens is 612 g/mol. The van der Waals surface area contributed by atoms with Crippen LogP contribution in [0, 0.1) is 5.92 Å². The SMILES string of the molecule is CC(C)CC(NC(=O)c1cc2cc(OCCN3CCOCC3)ccc2o1)C(=O)N[C@H]1CCCN(S(=O)(=O)c2ccccc2)CC1=O. The summed E-state index contributed by atoms with van der Waals surface area (Å²) in [4.78, 5) is 42.3. The molecule has 2 aliphatic heterocycles. The lowest BCUT2D eigenvalue weighted by atomic mass is 10.0. The summed E-state index contributed by atoms with van der Waals surface area (Å²) in [6, 6.07) is 13.1. The molecule has 2 N–H and O–H groups in total. The van der Waals surface area contributed by atoms with Crippen molar-refractivity contribution in [1.82, 2.24) is 19.8 Å². The van der Waals surface area contributed by atoms with Gasteiger partial charge in [0.1, 0.15) is 24.0 Å². The van der Waals surface area contributed by atoms with Gasteiger partial charge in [0.15, 0.2) is 11.5 Å². The number of morpholine rings is 1. The smallest absolute Gasteiger partial charge is 0.287 e. The lowest BCUT2D eigenvalue weighted by Crippen LogP contribution is -2.52. The van der Waals surface area contributed by atoms with E-state index < -0.39 is 39.7 Å². The summed E-state index contributed by atoms with van der Waals surface area (Å²) in [5.41, 5.74) is 0.509. The van der Waals surface area contributed by atoms with E-state index in [0.29, 0.717) is 36.2 Å². The highest BCUT2D eigenvalue weighted by Gasteiger charge is 2.34. The molecule has 3 aromatic rings. The van der Waals surface area contributed by atoms with Gasteiger partial charge in [0.2, 0.25) is 15.9 Å². The Bertz CT molecular complexity index is 1620. The van der Waals surface area contributed by atoms with Crippen LogP contribution >= 0.6 is 0 Å². The second-order valence-corrected chi connectivity index (χ2v) is 14.0. The second kappa shape index (κ2) is 15.2. The Morgan fingerprint density at radius 2 is 1.80 bits per heavy atom. The summed E-state index contributed by atoms with van der Waals surface area (Å²) in [6.07, 6.45) is 1.00. The van der Waals surface area contributed by atoms with Gasteiger partial charge in [-0.15, -0.1) is 0 Å². The number of carbonyl (C=O) groups is 3. The van der Waals surface area contributed by atoms with Crippen LogP contribution in [0.4, 0.5) is 0 Å². The van der Waals surface area contributed by atoms with E-state index in [1.807, 2.05) is 19.9 Å². The number of Topliss-reactive ketones (excluding diaryl/α,β-unsaturated/α-hetero) is 1. The second-order valence-electron chi connectivity index (χ2n) is 12.1. The predicted molar refractivity (Wildman–Crippen MR) is 171 cm³/mol. The molecule has 2 saturated heterocycles. The molecule has 2 fully saturated rings. The quantitative estimate of drug-likeness (QED) is 0.301. The first kappa shape index (κ1) is 33.6. The standard InChI is InChI=1S/C33H42N4O8S/c1-23(2)19-28(32(39)34-27-9-6-12-37(22-29(27)38)46(41,42)26-7-4-3-5-8-26)35-33(40)31-21-24-20-25(10-11-30(24)45-31)44-18-15-36-13-16-43-17-14-36/h3-5,7-8,10-11,20-21,23,27-28H,6,9,12-19,22H2,1-2H3,(H,34,39)(H,35,40)/t27-,28?/m0/s1. The van der Waals surface area contributed by atoms with Crippen LogP contribution in [0.5, 0.6) is 5.75 Å². The number of rotatable bonds is 12. The van der Waals surface area contributed by atoms with E-state index >= 15 is 0 Å². The van der Waals surface area contributed by atoms with Crippen molar-refractivity contribution in [1.29, 1.82) is 0 Å². The van der Waals surface area contributed by atoms with Crippen LogP contribution in [-0.2, 0) is 24.3 Å². The van der Waals surface area contributed by atoms with E-state index in [1.54, 1.807) is 36.4 Å². The summed E-state index contributed by atoms with van der Waals surface area (Å²) in [7, 11) is -3.85. The fourth-order valence-electron chi connectivity index (χ4n) is 5.64. The number of furan rings is 1. The molecule has 12 nitrogen and oxygen atoms in total. The summed E-state index contributed by atoms with van der Waals surface area (Å²) in [6.45, 7) is 8.20. The number of benzene rings is 2. The lowest BCUT2D eigenvalue weighted by Gasteiger charge is -2.26. The van der Waals surface area contributed by atoms with Crippen LogP contribution in [0.3, 0.4) is 0 Å². The number of hydrogen-bond donors (Lipinski definition) is 2. The van der Waals surface area contributed by atoms with Gasteiger partial charge in [-0.1, -0.05) is 32.0 Å². The minimum atomic E-state index is -3.85. The van der Waals surface area contributed by atoms with E-state index in [-0.39, 0.29) is 36.1 Å². The van der Waals surface area contributed by atoms with Gasteiger partial charge in [0.05, 0.1) is 30.7 Å². The molecular formula is C33H42N4O8S. The zero-order valence-electron chi connectivity index (χ0n) is 26.3. The molecule has 46 heavy (non-hydrogen) atoms. The van der Waals surface area contributed by atoms with Crippen molar-refractivity contribution in [2.45, 2.75) is 50.1 Å². The van der Waals surface area contributed by atoms with Crippen LogP contribution in [-0.4, -0.2) is 99.8 Å². The maximum absolute atomic E-state index is 13.4. The van der Waals surface area contributed by atoms with Crippen LogP contribution in [0.1, 0.15) is 43.7 Å². The van der Waals surface area contributed by atoms with Gasteiger partial charge in [-0.2, -0.15) is 4.31 Å². The average Bonchev–Trinajstić information content (AvgIpc) is 3.38. The van der Waals surface area contributed by atoms with Gasteiger partial charge in [0.25, 0.3) is 5.91 Å². The van der Waals surface area contributed by atoms with Crippen molar-refractivity contribution in [2.75, 3.05) is 52.5 Å². The largest absolute Gasteiger partial charge is 0.492 e. The summed E-state index contributed by atoms with van der Waals surface area (Å²) >= 11 is 0. The van der Waals surface area contributed by atoms with Crippen molar-refractivity contribution in [2.24, 2.45) is 5.92 Å². The van der Waals surface area contributed by atoms with E-state index in [2.05, 4.69) is 15.5 Å². The molecule has 0 spiro atoms. The number of carbonyl (C=O) groups excluding carboxylic acids is 3. The number of sulfonamides is 1. The van der Waals surface area contributed by atoms with Crippen molar-refractivity contribution < 1.29 is 36.7 Å².